The summed E-state index contributed by atoms with van der Waals surface area (Å²) >= 11 is 0. The Kier molecular flexibility index (Phi) is 9.43. The second-order valence-electron chi connectivity index (χ2n) is 13.5. The van der Waals surface area contributed by atoms with E-state index in [0.29, 0.717) is 44.3 Å². The molecule has 5 atom stereocenters. The molecule has 2 amide bonds. The Morgan fingerprint density at radius 1 is 1.24 bits per heavy atom. The number of hydrogen-bond acceptors (Lipinski definition) is 8. The molecule has 1 aromatic heterocycles. The van der Waals surface area contributed by atoms with E-state index in [-0.39, 0.29) is 35.8 Å². The molecule has 0 bridgehead atoms. The Hall–Kier alpha value is -3.11. The number of carbonyl (C=O) groups is 2. The smallest absolute Gasteiger partial charge is 0.249 e. The van der Waals surface area contributed by atoms with Crippen molar-refractivity contribution < 1.29 is 18.7 Å². The van der Waals surface area contributed by atoms with Gasteiger partial charge in [-0.25, -0.2) is 4.99 Å². The maximum atomic E-state index is 15.8. The van der Waals surface area contributed by atoms with Crippen molar-refractivity contribution in [1.29, 1.82) is 0 Å². The average Bonchev–Trinajstić information content (AvgIpc) is 3.78. The first-order valence-corrected chi connectivity index (χ1v) is 16.9. The topological polar surface area (TPSA) is 139 Å². The summed E-state index contributed by atoms with van der Waals surface area (Å²) in [5, 5.41) is 3.09. The number of halogens is 1. The number of nitrogens with one attached hydrogen (secondary N) is 1. The first kappa shape index (κ1) is 31.9. The number of carbonyl (C=O) groups excluding carboxylic acids is 2. The number of piperazine rings is 1. The molecule has 0 aromatic carbocycles. The van der Waals surface area contributed by atoms with Gasteiger partial charge in [0.05, 0.1) is 48.3 Å². The molecule has 11 heteroatoms. The van der Waals surface area contributed by atoms with E-state index >= 15 is 4.39 Å². The van der Waals surface area contributed by atoms with Crippen molar-refractivity contribution in [3.8, 4) is 0 Å². The van der Waals surface area contributed by atoms with Crippen molar-refractivity contribution in [3.05, 3.63) is 35.4 Å². The summed E-state index contributed by atoms with van der Waals surface area (Å²) in [5.74, 6) is 1.47. The van der Waals surface area contributed by atoms with E-state index in [2.05, 4.69) is 34.9 Å². The van der Waals surface area contributed by atoms with E-state index in [9.17, 15) is 9.59 Å². The first-order chi connectivity index (χ1) is 21.8. The van der Waals surface area contributed by atoms with Gasteiger partial charge < -0.3 is 31.3 Å². The molecular formula is C34H48FN7O3. The zero-order valence-electron chi connectivity index (χ0n) is 26.6. The van der Waals surface area contributed by atoms with Crippen LogP contribution in [0, 0.1) is 23.2 Å². The van der Waals surface area contributed by atoms with Crippen LogP contribution < -0.4 is 21.7 Å². The Morgan fingerprint density at radius 3 is 2.78 bits per heavy atom. The lowest BCUT2D eigenvalue weighted by atomic mass is 9.65. The molecule has 2 saturated carbocycles. The van der Waals surface area contributed by atoms with Crippen LogP contribution in [0.25, 0.3) is 0 Å². The van der Waals surface area contributed by atoms with Crippen LogP contribution in [0.2, 0.25) is 0 Å². The van der Waals surface area contributed by atoms with Gasteiger partial charge in [0, 0.05) is 37.1 Å². The number of allylic oxidation sites excluding steroid dienone is 3. The molecule has 0 radical (unpaired) electrons. The van der Waals surface area contributed by atoms with E-state index < -0.39 is 24.0 Å². The van der Waals surface area contributed by atoms with Gasteiger partial charge in [0.2, 0.25) is 11.8 Å². The Labute approximate surface area is 265 Å². The Bertz CT molecular complexity index is 1390. The van der Waals surface area contributed by atoms with Gasteiger partial charge in [0.25, 0.3) is 0 Å². The summed E-state index contributed by atoms with van der Waals surface area (Å²) in [6.07, 6.45) is 11.2. The van der Waals surface area contributed by atoms with Gasteiger partial charge in [-0.3, -0.25) is 14.6 Å². The Morgan fingerprint density at radius 2 is 2.04 bits per heavy atom. The number of anilines is 2. The highest BCUT2D eigenvalue weighted by Gasteiger charge is 2.62. The van der Waals surface area contributed by atoms with Crippen molar-refractivity contribution in [1.82, 2.24) is 9.88 Å². The maximum absolute atomic E-state index is 15.8. The first-order valence-electron chi connectivity index (χ1n) is 16.9. The molecule has 5 aliphatic rings. The minimum absolute atomic E-state index is 0.00567. The summed E-state index contributed by atoms with van der Waals surface area (Å²) in [6, 6.07) is 1.17. The van der Waals surface area contributed by atoms with Crippen molar-refractivity contribution >= 4 is 29.1 Å². The minimum atomic E-state index is -1.02. The van der Waals surface area contributed by atoms with Crippen LogP contribution in [0.15, 0.2) is 40.4 Å². The largest absolute Gasteiger partial charge is 0.369 e. The lowest BCUT2D eigenvalue weighted by Gasteiger charge is -2.44. The number of aliphatic imine (C=N–C) groups is 1. The van der Waals surface area contributed by atoms with Crippen molar-refractivity contribution in [2.45, 2.75) is 89.9 Å². The lowest BCUT2D eigenvalue weighted by molar-refractivity contribution is -0.148. The van der Waals surface area contributed by atoms with E-state index in [0.717, 1.165) is 43.4 Å². The fourth-order valence-corrected chi connectivity index (χ4v) is 8.92. The number of hydrogen-bond donors (Lipinski definition) is 3. The number of ether oxygens (including phenoxy) is 1. The molecule has 244 valence electrons. The van der Waals surface area contributed by atoms with E-state index in [4.69, 9.17) is 21.2 Å². The SMILES string of the molecule is CCCC1=C2CC2(C2CCCCC2)C(CC)C(C(C(=O)Nc2cnccc2N2CCN3C(=O)COCC3C2)C(N)N)N=C=C1F. The van der Waals surface area contributed by atoms with Crippen molar-refractivity contribution in [3.63, 3.8) is 0 Å². The predicted octanol–water partition coefficient (Wildman–Crippen LogP) is 3.93. The van der Waals surface area contributed by atoms with Gasteiger partial charge in [-0.1, -0.05) is 51.5 Å². The summed E-state index contributed by atoms with van der Waals surface area (Å²) in [5.41, 5.74) is 16.0. The molecular weight excluding hydrogens is 573 g/mol. The summed E-state index contributed by atoms with van der Waals surface area (Å²) < 4.78 is 21.3. The number of rotatable bonds is 9. The maximum Gasteiger partial charge on any atom is 0.249 e. The highest BCUT2D eigenvalue weighted by molar-refractivity contribution is 5.96. The van der Waals surface area contributed by atoms with Gasteiger partial charge in [0.15, 0.2) is 5.83 Å². The molecule has 2 saturated heterocycles. The highest BCUT2D eigenvalue weighted by Crippen LogP contribution is 2.69. The zero-order valence-corrected chi connectivity index (χ0v) is 26.6. The van der Waals surface area contributed by atoms with Crippen molar-refractivity contribution in [2.24, 2.45) is 39.6 Å². The molecule has 1 aromatic rings. The third-order valence-corrected chi connectivity index (χ3v) is 11.0. The highest BCUT2D eigenvalue weighted by atomic mass is 19.1. The van der Waals surface area contributed by atoms with Gasteiger partial charge in [-0.2, -0.15) is 4.39 Å². The van der Waals surface area contributed by atoms with E-state index in [1.807, 2.05) is 11.0 Å². The summed E-state index contributed by atoms with van der Waals surface area (Å²) in [6.45, 7) is 6.57. The van der Waals surface area contributed by atoms with Gasteiger partial charge >= 0.3 is 0 Å². The molecule has 5 N–H and O–H groups in total. The minimum Gasteiger partial charge on any atom is -0.369 e. The van der Waals surface area contributed by atoms with E-state index in [1.165, 1.54) is 24.8 Å². The fraction of sp³-hybridized carbons (Fsp3) is 0.676. The number of morpholine rings is 1. The monoisotopic (exact) mass is 621 g/mol. The summed E-state index contributed by atoms with van der Waals surface area (Å²) in [7, 11) is 0. The third kappa shape index (κ3) is 5.96. The number of aromatic nitrogens is 1. The van der Waals surface area contributed by atoms with Crippen LogP contribution in [0.4, 0.5) is 15.8 Å². The van der Waals surface area contributed by atoms with Crippen LogP contribution in [0.3, 0.4) is 0 Å². The van der Waals surface area contributed by atoms with E-state index in [1.54, 1.807) is 12.4 Å². The van der Waals surface area contributed by atoms with Crippen LogP contribution in [-0.4, -0.2) is 78.7 Å². The number of nitrogens with two attached hydrogens (primary N) is 2. The third-order valence-electron chi connectivity index (χ3n) is 11.0. The molecule has 6 rings (SSSR count). The van der Waals surface area contributed by atoms with Crippen LogP contribution in [-0.2, 0) is 14.3 Å². The standard InChI is InChI=1S/C34H48FN7O3/c1-3-8-23-25-15-34(25,21-9-6-5-7-10-21)24(4-2)31(39-16-26(23)35)30(32(36)37)33(44)40-27-17-38-12-11-28(27)41-13-14-42-22(18-41)19-45-20-29(42)43/h11-12,17,21-22,24,30-32H,3-10,13-15,18-20,36-37H2,1-2H3,(H,40,44). The molecule has 10 nitrogen and oxygen atoms in total. The van der Waals surface area contributed by atoms with Crippen molar-refractivity contribution in [2.75, 3.05) is 43.1 Å². The molecule has 2 aliphatic carbocycles. The number of amides is 2. The predicted molar refractivity (Wildman–Crippen MR) is 172 cm³/mol. The number of pyridine rings is 1. The molecule has 5 unspecified atom stereocenters. The molecule has 45 heavy (non-hydrogen) atoms. The second kappa shape index (κ2) is 13.3. The molecule has 4 heterocycles. The summed E-state index contributed by atoms with van der Waals surface area (Å²) in [4.78, 5) is 39.7. The van der Waals surface area contributed by atoms with Crippen LogP contribution in [0.1, 0.15) is 71.6 Å². The van der Waals surface area contributed by atoms with Crippen LogP contribution >= 0.6 is 0 Å². The molecule has 0 spiro atoms. The fourth-order valence-electron chi connectivity index (χ4n) is 8.92. The Balaban J connectivity index is 1.31. The quantitative estimate of drug-likeness (QED) is 0.355. The zero-order chi connectivity index (χ0) is 31.7. The lowest BCUT2D eigenvalue weighted by Crippen LogP contribution is -2.60. The van der Waals surface area contributed by atoms with Gasteiger partial charge in [0.1, 0.15) is 6.61 Å². The number of fused-ring (bicyclic) bond motifs is 2. The molecule has 3 aliphatic heterocycles. The second-order valence-corrected chi connectivity index (χ2v) is 13.5. The van der Waals surface area contributed by atoms with Gasteiger partial charge in [-0.15, -0.1) is 0 Å². The molecule has 4 fully saturated rings. The number of nitrogens with zero attached hydrogens (tertiary/aromatic N) is 4. The normalized spacial score (nSPS) is 29.5. The van der Waals surface area contributed by atoms with Gasteiger partial charge in [-0.05, 0) is 49.2 Å². The van der Waals surface area contributed by atoms with Crippen LogP contribution in [0.5, 0.6) is 0 Å². The average molecular weight is 622 g/mol.